The Morgan fingerprint density at radius 2 is 2.09 bits per heavy atom. The van der Waals surface area contributed by atoms with Gasteiger partial charge >= 0.3 is 0 Å². The second kappa shape index (κ2) is 8.56. The number of fused-ring (bicyclic) bond motifs is 1. The third-order valence-corrected chi connectivity index (χ3v) is 6.27. The van der Waals surface area contributed by atoms with Crippen LogP contribution in [-0.2, 0) is 0 Å². The van der Waals surface area contributed by atoms with Crippen LogP contribution < -0.4 is 15.5 Å². The summed E-state index contributed by atoms with van der Waals surface area (Å²) < 4.78 is 0. The van der Waals surface area contributed by atoms with Crippen LogP contribution >= 0.6 is 11.6 Å². The van der Waals surface area contributed by atoms with Crippen LogP contribution in [0.2, 0.25) is 0 Å². The van der Waals surface area contributed by atoms with E-state index in [9.17, 15) is 0 Å². The van der Waals surface area contributed by atoms with Gasteiger partial charge in [0.15, 0.2) is 11.6 Å². The SMILES string of the molecule is Cc1[nH]nc2ccc(-c3cnc(NCC4=CC(C)(Cl)CC=C4)c(N4CCNCC4)n3)cc12. The molecule has 3 heterocycles. The number of aromatic nitrogens is 4. The quantitative estimate of drug-likeness (QED) is 0.510. The fraction of sp³-hybridized carbons (Fsp3) is 0.375. The Hall–Kier alpha value is -2.90. The number of halogens is 1. The fourth-order valence-electron chi connectivity index (χ4n) is 4.27. The van der Waals surface area contributed by atoms with Crippen molar-refractivity contribution in [3.05, 3.63) is 53.9 Å². The zero-order valence-electron chi connectivity index (χ0n) is 18.5. The normalized spacial score (nSPS) is 21.1. The van der Waals surface area contributed by atoms with Gasteiger partial charge in [0.05, 0.1) is 22.3 Å². The standard InChI is InChI=1S/C24H28ClN7/c1-16-19-12-18(5-6-20(19)31-30-16)21-15-28-22(23(29-21)32-10-8-26-9-11-32)27-14-17-4-3-7-24(2,25)13-17/h3-6,12-13,15,26H,7-11,14H2,1-2H3,(H,27,28)(H,30,31). The molecule has 3 N–H and O–H groups in total. The lowest BCUT2D eigenvalue weighted by Crippen LogP contribution is -2.44. The van der Waals surface area contributed by atoms with Crippen molar-refractivity contribution in [1.82, 2.24) is 25.5 Å². The molecule has 166 valence electrons. The number of hydrogen-bond donors (Lipinski definition) is 3. The van der Waals surface area contributed by atoms with Gasteiger partial charge in [-0.1, -0.05) is 24.3 Å². The van der Waals surface area contributed by atoms with E-state index in [0.29, 0.717) is 6.54 Å². The van der Waals surface area contributed by atoms with E-state index in [2.05, 4.69) is 56.1 Å². The summed E-state index contributed by atoms with van der Waals surface area (Å²) in [5.74, 6) is 1.69. The molecule has 1 aliphatic carbocycles. The van der Waals surface area contributed by atoms with Crippen molar-refractivity contribution >= 4 is 34.1 Å². The Balaban J connectivity index is 1.47. The van der Waals surface area contributed by atoms with Gasteiger partial charge in [-0.3, -0.25) is 5.10 Å². The van der Waals surface area contributed by atoms with Crippen molar-refractivity contribution in [1.29, 1.82) is 0 Å². The molecule has 1 fully saturated rings. The minimum atomic E-state index is -0.327. The molecule has 32 heavy (non-hydrogen) atoms. The highest BCUT2D eigenvalue weighted by atomic mass is 35.5. The van der Waals surface area contributed by atoms with Crippen LogP contribution in [0.4, 0.5) is 11.6 Å². The Morgan fingerprint density at radius 1 is 1.25 bits per heavy atom. The molecule has 7 nitrogen and oxygen atoms in total. The molecule has 2 aromatic heterocycles. The first-order valence-corrected chi connectivity index (χ1v) is 11.5. The predicted octanol–water partition coefficient (Wildman–Crippen LogP) is 4.03. The van der Waals surface area contributed by atoms with Gasteiger partial charge in [0.25, 0.3) is 0 Å². The van der Waals surface area contributed by atoms with Crippen molar-refractivity contribution in [2.24, 2.45) is 0 Å². The largest absolute Gasteiger partial charge is 0.363 e. The summed E-state index contributed by atoms with van der Waals surface area (Å²) in [7, 11) is 0. The number of aromatic amines is 1. The van der Waals surface area contributed by atoms with E-state index in [1.165, 1.54) is 0 Å². The number of allylic oxidation sites excluding steroid dienone is 2. The summed E-state index contributed by atoms with van der Waals surface area (Å²) in [5, 5.41) is 15.4. The third kappa shape index (κ3) is 4.36. The van der Waals surface area contributed by atoms with Gasteiger partial charge in [0.1, 0.15) is 0 Å². The molecule has 3 aromatic rings. The molecule has 1 aromatic carbocycles. The number of H-pyrrole nitrogens is 1. The molecule has 0 saturated carbocycles. The van der Waals surface area contributed by atoms with E-state index in [1.807, 2.05) is 26.1 Å². The molecule has 2 aliphatic rings. The lowest BCUT2D eigenvalue weighted by Gasteiger charge is -2.30. The van der Waals surface area contributed by atoms with Crippen molar-refractivity contribution in [2.45, 2.75) is 25.1 Å². The number of nitrogens with one attached hydrogen (secondary N) is 3. The average Bonchev–Trinajstić information content (AvgIpc) is 3.18. The number of aryl methyl sites for hydroxylation is 1. The maximum atomic E-state index is 6.53. The maximum Gasteiger partial charge on any atom is 0.172 e. The molecule has 1 aliphatic heterocycles. The van der Waals surface area contributed by atoms with Crippen LogP contribution in [0.25, 0.3) is 22.2 Å². The lowest BCUT2D eigenvalue weighted by atomic mass is 9.97. The minimum absolute atomic E-state index is 0.327. The van der Waals surface area contributed by atoms with Gasteiger partial charge in [0.2, 0.25) is 0 Å². The maximum absolute atomic E-state index is 6.53. The topological polar surface area (TPSA) is 81.8 Å². The van der Waals surface area contributed by atoms with Crippen LogP contribution in [-0.4, -0.2) is 57.8 Å². The van der Waals surface area contributed by atoms with Crippen molar-refractivity contribution in [3.63, 3.8) is 0 Å². The van der Waals surface area contributed by atoms with Gasteiger partial charge in [-0.25, -0.2) is 9.97 Å². The Labute approximate surface area is 193 Å². The van der Waals surface area contributed by atoms with Gasteiger partial charge < -0.3 is 15.5 Å². The van der Waals surface area contributed by atoms with Gasteiger partial charge in [-0.05, 0) is 38.0 Å². The highest BCUT2D eigenvalue weighted by Crippen LogP contribution is 2.30. The van der Waals surface area contributed by atoms with Gasteiger partial charge in [-0.15, -0.1) is 11.6 Å². The van der Waals surface area contributed by atoms with E-state index in [4.69, 9.17) is 21.6 Å². The Morgan fingerprint density at radius 3 is 2.91 bits per heavy atom. The molecule has 8 heteroatoms. The van der Waals surface area contributed by atoms with Crippen LogP contribution in [0.3, 0.4) is 0 Å². The van der Waals surface area contributed by atoms with E-state index in [0.717, 1.165) is 77.7 Å². The highest BCUT2D eigenvalue weighted by Gasteiger charge is 2.21. The third-order valence-electron chi connectivity index (χ3n) is 6.01. The monoisotopic (exact) mass is 449 g/mol. The Kier molecular flexibility index (Phi) is 5.61. The van der Waals surface area contributed by atoms with E-state index in [1.54, 1.807) is 0 Å². The summed E-state index contributed by atoms with van der Waals surface area (Å²) in [6.45, 7) is 8.39. The molecule has 0 radical (unpaired) electrons. The molecule has 1 atom stereocenters. The highest BCUT2D eigenvalue weighted by molar-refractivity contribution is 6.25. The molecule has 5 rings (SSSR count). The van der Waals surface area contributed by atoms with Crippen LogP contribution in [0.15, 0.2) is 48.2 Å². The van der Waals surface area contributed by atoms with Gasteiger partial charge in [0, 0.05) is 49.4 Å². The number of nitrogens with zero attached hydrogens (tertiary/aromatic N) is 4. The second-order valence-electron chi connectivity index (χ2n) is 8.70. The molecular formula is C24H28ClN7. The number of anilines is 2. The molecule has 0 amide bonds. The first-order chi connectivity index (χ1) is 15.5. The van der Waals surface area contributed by atoms with E-state index in [-0.39, 0.29) is 4.87 Å². The molecule has 0 bridgehead atoms. The first-order valence-electron chi connectivity index (χ1n) is 11.1. The second-order valence-corrected chi connectivity index (χ2v) is 9.57. The zero-order valence-corrected chi connectivity index (χ0v) is 19.2. The van der Waals surface area contributed by atoms with Gasteiger partial charge in [-0.2, -0.15) is 5.10 Å². The van der Waals surface area contributed by atoms with E-state index < -0.39 is 0 Å². The van der Waals surface area contributed by atoms with E-state index >= 15 is 0 Å². The first kappa shape index (κ1) is 21.0. The number of benzene rings is 1. The summed E-state index contributed by atoms with van der Waals surface area (Å²) in [6.07, 6.45) is 9.08. The average molecular weight is 450 g/mol. The Bertz CT molecular complexity index is 1190. The molecule has 1 unspecified atom stereocenters. The van der Waals surface area contributed by atoms with Crippen LogP contribution in [0.1, 0.15) is 19.0 Å². The zero-order chi connectivity index (χ0) is 22.1. The predicted molar refractivity (Wildman–Crippen MR) is 132 cm³/mol. The number of alkyl halides is 1. The molecular weight excluding hydrogens is 422 g/mol. The van der Waals surface area contributed by atoms with Crippen molar-refractivity contribution in [2.75, 3.05) is 42.9 Å². The summed E-state index contributed by atoms with van der Waals surface area (Å²) in [5.41, 5.74) is 5.06. The smallest absolute Gasteiger partial charge is 0.172 e. The van der Waals surface area contributed by atoms with Crippen LogP contribution in [0, 0.1) is 6.92 Å². The molecule has 0 spiro atoms. The van der Waals surface area contributed by atoms with Crippen LogP contribution in [0.5, 0.6) is 0 Å². The summed E-state index contributed by atoms with van der Waals surface area (Å²) in [6, 6.07) is 6.21. The number of hydrogen-bond acceptors (Lipinski definition) is 6. The van der Waals surface area contributed by atoms with Crippen molar-refractivity contribution < 1.29 is 0 Å². The molecule has 1 saturated heterocycles. The van der Waals surface area contributed by atoms with Crippen molar-refractivity contribution in [3.8, 4) is 11.3 Å². The minimum Gasteiger partial charge on any atom is -0.363 e. The summed E-state index contributed by atoms with van der Waals surface area (Å²) in [4.78, 5) is 11.8. The summed E-state index contributed by atoms with van der Waals surface area (Å²) >= 11 is 6.53. The lowest BCUT2D eigenvalue weighted by molar-refractivity contribution is 0.585. The number of rotatable bonds is 5. The number of piperazine rings is 1. The fourth-order valence-corrected chi connectivity index (χ4v) is 4.50.